The minimum atomic E-state index is -0.189. The van der Waals surface area contributed by atoms with E-state index in [0.717, 1.165) is 17.1 Å². The fourth-order valence-corrected chi connectivity index (χ4v) is 1.58. The van der Waals surface area contributed by atoms with Crippen molar-refractivity contribution in [2.75, 3.05) is 20.7 Å². The summed E-state index contributed by atoms with van der Waals surface area (Å²) in [5.41, 5.74) is 1.07. The maximum absolute atomic E-state index is 11.0. The van der Waals surface area contributed by atoms with Crippen LogP contribution in [0.2, 0.25) is 5.02 Å². The Kier molecular flexibility index (Phi) is 5.29. The van der Waals surface area contributed by atoms with Crippen LogP contribution in [0.25, 0.3) is 0 Å². The zero-order valence-corrected chi connectivity index (χ0v) is 10.3. The van der Waals surface area contributed by atoms with E-state index < -0.39 is 0 Å². The summed E-state index contributed by atoms with van der Waals surface area (Å²) in [4.78, 5) is 13.0. The van der Waals surface area contributed by atoms with Gasteiger partial charge in [0.2, 0.25) is 0 Å². The topological polar surface area (TPSA) is 29.5 Å². The van der Waals surface area contributed by atoms with E-state index in [1.54, 1.807) is 0 Å². The van der Waals surface area contributed by atoms with Crippen LogP contribution < -0.4 is 0 Å². The minimum absolute atomic E-state index is 0.189. The third-order valence-corrected chi connectivity index (χ3v) is 2.69. The molecule has 0 saturated heterocycles. The molecule has 4 heteroatoms. The maximum atomic E-state index is 11.0. The van der Waals surface area contributed by atoms with Gasteiger partial charge in [0.15, 0.2) is 0 Å². The lowest BCUT2D eigenvalue weighted by molar-refractivity contribution is -0.140. The average molecular weight is 242 g/mol. The van der Waals surface area contributed by atoms with Gasteiger partial charge in [0, 0.05) is 18.1 Å². The number of carbonyl (C=O) groups is 1. The summed E-state index contributed by atoms with van der Waals surface area (Å²) in [6, 6.07) is 7.71. The van der Waals surface area contributed by atoms with Crippen LogP contribution >= 0.6 is 11.6 Å². The number of carbonyl (C=O) groups excluding carboxylic acids is 1. The van der Waals surface area contributed by atoms with E-state index in [9.17, 15) is 4.79 Å². The molecule has 0 saturated carbocycles. The number of halogens is 1. The molecule has 0 fully saturated rings. The Bertz CT molecular complexity index is 355. The molecule has 0 aromatic heterocycles. The summed E-state index contributed by atoms with van der Waals surface area (Å²) in [5.74, 6) is -0.189. The molecule has 1 aromatic carbocycles. The van der Waals surface area contributed by atoms with Crippen LogP contribution in [0.1, 0.15) is 12.0 Å². The second-order valence-corrected chi connectivity index (χ2v) is 4.06. The van der Waals surface area contributed by atoms with Gasteiger partial charge in [-0.15, -0.1) is 0 Å². The van der Waals surface area contributed by atoms with Crippen molar-refractivity contribution in [1.82, 2.24) is 4.90 Å². The van der Waals surface area contributed by atoms with Gasteiger partial charge in [-0.3, -0.25) is 4.79 Å². The first-order valence-electron chi connectivity index (χ1n) is 5.12. The summed E-state index contributed by atoms with van der Waals surface area (Å²) >= 11 is 6.04. The van der Waals surface area contributed by atoms with Crippen LogP contribution in [-0.2, 0) is 16.1 Å². The Morgan fingerprint density at radius 3 is 2.75 bits per heavy atom. The molecule has 0 aliphatic carbocycles. The molecule has 88 valence electrons. The predicted molar refractivity (Wildman–Crippen MR) is 64.4 cm³/mol. The van der Waals surface area contributed by atoms with Crippen LogP contribution in [0.5, 0.6) is 0 Å². The fraction of sp³-hybridized carbons (Fsp3) is 0.417. The molecule has 1 rings (SSSR count). The molecule has 0 N–H and O–H groups in total. The van der Waals surface area contributed by atoms with Crippen molar-refractivity contribution in [1.29, 1.82) is 0 Å². The minimum Gasteiger partial charge on any atom is -0.469 e. The highest BCUT2D eigenvalue weighted by molar-refractivity contribution is 6.31. The number of ether oxygens (including phenoxy) is 1. The molecule has 0 spiro atoms. The first kappa shape index (κ1) is 13.0. The third-order valence-electron chi connectivity index (χ3n) is 2.32. The number of rotatable bonds is 5. The van der Waals surface area contributed by atoms with Crippen LogP contribution in [-0.4, -0.2) is 31.6 Å². The molecule has 3 nitrogen and oxygen atoms in total. The van der Waals surface area contributed by atoms with Crippen molar-refractivity contribution in [3.63, 3.8) is 0 Å². The van der Waals surface area contributed by atoms with E-state index in [1.807, 2.05) is 36.2 Å². The Labute approximate surface area is 101 Å². The van der Waals surface area contributed by atoms with E-state index in [2.05, 4.69) is 4.74 Å². The molecule has 0 aliphatic heterocycles. The number of methoxy groups -OCH3 is 1. The molecular formula is C12H16ClNO2. The molecule has 1 aromatic rings. The Morgan fingerprint density at radius 1 is 1.44 bits per heavy atom. The molecule has 0 aliphatic rings. The van der Waals surface area contributed by atoms with Gasteiger partial charge in [-0.25, -0.2) is 0 Å². The van der Waals surface area contributed by atoms with Crippen molar-refractivity contribution in [3.8, 4) is 0 Å². The predicted octanol–water partition coefficient (Wildman–Crippen LogP) is 2.33. The van der Waals surface area contributed by atoms with Gasteiger partial charge in [0.25, 0.3) is 0 Å². The molecule has 0 bridgehead atoms. The molecule has 0 unspecified atom stereocenters. The van der Waals surface area contributed by atoms with E-state index in [4.69, 9.17) is 11.6 Å². The Balaban J connectivity index is 2.43. The van der Waals surface area contributed by atoms with Crippen molar-refractivity contribution < 1.29 is 9.53 Å². The SMILES string of the molecule is COC(=O)CCN(C)Cc1ccccc1Cl. The lowest BCUT2D eigenvalue weighted by Gasteiger charge is -2.16. The van der Waals surface area contributed by atoms with Crippen LogP contribution in [0, 0.1) is 0 Å². The molecule has 0 heterocycles. The second kappa shape index (κ2) is 6.51. The fourth-order valence-electron chi connectivity index (χ4n) is 1.38. The van der Waals surface area contributed by atoms with E-state index in [0.29, 0.717) is 13.0 Å². The summed E-state index contributed by atoms with van der Waals surface area (Å²) < 4.78 is 4.58. The van der Waals surface area contributed by atoms with Gasteiger partial charge in [0.05, 0.1) is 13.5 Å². The normalized spacial score (nSPS) is 10.5. The second-order valence-electron chi connectivity index (χ2n) is 3.66. The first-order valence-corrected chi connectivity index (χ1v) is 5.50. The molecule has 16 heavy (non-hydrogen) atoms. The van der Waals surface area contributed by atoms with Crippen molar-refractivity contribution in [3.05, 3.63) is 34.9 Å². The zero-order valence-electron chi connectivity index (χ0n) is 9.57. The zero-order chi connectivity index (χ0) is 12.0. The van der Waals surface area contributed by atoms with E-state index >= 15 is 0 Å². The van der Waals surface area contributed by atoms with Crippen molar-refractivity contribution >= 4 is 17.6 Å². The van der Waals surface area contributed by atoms with Crippen molar-refractivity contribution in [2.24, 2.45) is 0 Å². The molecule has 0 atom stereocenters. The maximum Gasteiger partial charge on any atom is 0.306 e. The molecule has 0 radical (unpaired) electrons. The quantitative estimate of drug-likeness (QED) is 0.741. The first-order chi connectivity index (χ1) is 7.63. The molecule has 0 amide bonds. The number of esters is 1. The van der Waals surface area contributed by atoms with Crippen LogP contribution in [0.15, 0.2) is 24.3 Å². The highest BCUT2D eigenvalue weighted by atomic mass is 35.5. The van der Waals surface area contributed by atoms with Gasteiger partial charge in [-0.05, 0) is 18.7 Å². The van der Waals surface area contributed by atoms with Gasteiger partial charge >= 0.3 is 5.97 Å². The average Bonchev–Trinajstić information content (AvgIpc) is 2.29. The highest BCUT2D eigenvalue weighted by Crippen LogP contribution is 2.16. The Morgan fingerprint density at radius 2 is 2.12 bits per heavy atom. The van der Waals surface area contributed by atoms with Gasteiger partial charge < -0.3 is 9.64 Å². The van der Waals surface area contributed by atoms with Crippen LogP contribution in [0.4, 0.5) is 0 Å². The summed E-state index contributed by atoms with van der Waals surface area (Å²) in [6.07, 6.45) is 0.400. The van der Waals surface area contributed by atoms with Crippen molar-refractivity contribution in [2.45, 2.75) is 13.0 Å². The smallest absolute Gasteiger partial charge is 0.306 e. The monoisotopic (exact) mass is 241 g/mol. The summed E-state index contributed by atoms with van der Waals surface area (Å²) in [7, 11) is 3.35. The lowest BCUT2D eigenvalue weighted by atomic mass is 10.2. The van der Waals surface area contributed by atoms with E-state index in [-0.39, 0.29) is 5.97 Å². The number of hydrogen-bond donors (Lipinski definition) is 0. The van der Waals surface area contributed by atoms with Gasteiger partial charge in [-0.2, -0.15) is 0 Å². The number of benzene rings is 1. The molecular weight excluding hydrogens is 226 g/mol. The van der Waals surface area contributed by atoms with Gasteiger partial charge in [0.1, 0.15) is 0 Å². The van der Waals surface area contributed by atoms with Gasteiger partial charge in [-0.1, -0.05) is 29.8 Å². The summed E-state index contributed by atoms with van der Waals surface area (Å²) in [6.45, 7) is 1.40. The lowest BCUT2D eigenvalue weighted by Crippen LogP contribution is -2.22. The van der Waals surface area contributed by atoms with Crippen LogP contribution in [0.3, 0.4) is 0 Å². The number of nitrogens with zero attached hydrogens (tertiary/aromatic N) is 1. The third kappa shape index (κ3) is 4.21. The largest absolute Gasteiger partial charge is 0.469 e. The Hall–Kier alpha value is -1.06. The standard InChI is InChI=1S/C12H16ClNO2/c1-14(8-7-12(15)16-2)9-10-5-3-4-6-11(10)13/h3-6H,7-9H2,1-2H3. The highest BCUT2D eigenvalue weighted by Gasteiger charge is 2.06. The summed E-state index contributed by atoms with van der Waals surface area (Å²) in [5, 5.41) is 0.757. The van der Waals surface area contributed by atoms with E-state index in [1.165, 1.54) is 7.11 Å². The number of hydrogen-bond acceptors (Lipinski definition) is 3.